The Kier molecular flexibility index (Phi) is 7.52. The van der Waals surface area contributed by atoms with Crippen LogP contribution in [0.5, 0.6) is 0 Å². The molecule has 3 nitrogen and oxygen atoms in total. The fraction of sp³-hybridized carbons (Fsp3) is 0.149. The van der Waals surface area contributed by atoms with Crippen LogP contribution in [0.4, 0.5) is 0 Å². The molecule has 0 aliphatic heterocycles. The van der Waals surface area contributed by atoms with Gasteiger partial charge in [0.1, 0.15) is 5.58 Å². The second kappa shape index (κ2) is 14.6. The minimum absolute atomic E-state index is 0. The van der Waals surface area contributed by atoms with Gasteiger partial charge in [0, 0.05) is 58.6 Å². The van der Waals surface area contributed by atoms with E-state index in [2.05, 4.69) is 76.7 Å². The van der Waals surface area contributed by atoms with E-state index in [1.165, 1.54) is 57.3 Å². The standard InChI is InChI=1S/C34H26NOS.C13H12N.Ir/c1-34(2,3)20-24-13-14-32(37-24)23-15-16-35-30(18-23)27-10-6-9-26-29-17-22-12-11-21-7-4-5-8-25(21)28(22)19-31(29)36-33(26)27;1-10-3-6-12(7-4-10)13-8-5-11(2)9-14-13;/h4-9,11-19H,20H2,1-3H3;3-6,8-9H,1-2H3;/q2*-1;/i20D2;1D3,2D3;. The summed E-state index contributed by atoms with van der Waals surface area (Å²) in [6.07, 6.45) is 1.68. The first kappa shape index (κ1) is 26.8. The van der Waals surface area contributed by atoms with Crippen molar-refractivity contribution in [3.63, 3.8) is 0 Å². The van der Waals surface area contributed by atoms with Crippen LogP contribution in [0.15, 0.2) is 132 Å². The van der Waals surface area contributed by atoms with E-state index in [1.807, 2.05) is 51.1 Å². The summed E-state index contributed by atoms with van der Waals surface area (Å²) in [6.45, 7) is 1.47. The number of aryl methyl sites for hydroxylation is 2. The Bertz CT molecular complexity index is 2930. The van der Waals surface area contributed by atoms with E-state index in [9.17, 15) is 0 Å². The van der Waals surface area contributed by atoms with Crippen molar-refractivity contribution in [2.75, 3.05) is 0 Å². The number of hydrogen-bond acceptors (Lipinski definition) is 4. The van der Waals surface area contributed by atoms with Gasteiger partial charge < -0.3 is 14.4 Å². The summed E-state index contributed by atoms with van der Waals surface area (Å²) in [5, 5.41) is 6.90. The zero-order valence-electron chi connectivity index (χ0n) is 36.7. The van der Waals surface area contributed by atoms with Crippen LogP contribution < -0.4 is 0 Å². The van der Waals surface area contributed by atoms with Gasteiger partial charge in [-0.15, -0.1) is 64.9 Å². The number of benzene rings is 5. The number of pyridine rings is 2. The summed E-state index contributed by atoms with van der Waals surface area (Å²) < 4.78 is 67.5. The van der Waals surface area contributed by atoms with Crippen LogP contribution in [0.25, 0.3) is 76.4 Å². The second-order valence-electron chi connectivity index (χ2n) is 13.4. The van der Waals surface area contributed by atoms with Gasteiger partial charge in [-0.1, -0.05) is 93.2 Å². The van der Waals surface area contributed by atoms with Crippen molar-refractivity contribution in [1.29, 1.82) is 0 Å². The number of rotatable bonds is 4. The molecule has 0 bridgehead atoms. The third-order valence-electron chi connectivity index (χ3n) is 8.55. The molecule has 9 aromatic rings. The molecular weight excluding hydrogens is 833 g/mol. The summed E-state index contributed by atoms with van der Waals surface area (Å²) in [7, 11) is 0. The Morgan fingerprint density at radius 2 is 1.60 bits per heavy atom. The molecule has 0 aliphatic carbocycles. The van der Waals surface area contributed by atoms with Gasteiger partial charge in [0.2, 0.25) is 0 Å². The van der Waals surface area contributed by atoms with Crippen molar-refractivity contribution in [2.45, 2.75) is 40.8 Å². The molecule has 4 heterocycles. The van der Waals surface area contributed by atoms with E-state index >= 15 is 0 Å². The van der Waals surface area contributed by atoms with Gasteiger partial charge in [0.05, 0.1) is 5.58 Å². The van der Waals surface area contributed by atoms with Crippen LogP contribution in [-0.4, -0.2) is 9.97 Å². The maximum Gasteiger partial charge on any atom is 0.121 e. The Labute approximate surface area is 334 Å². The average Bonchev–Trinajstić information content (AvgIpc) is 3.86. The number of furan rings is 1. The van der Waals surface area contributed by atoms with Crippen molar-refractivity contribution in [3.8, 4) is 33.0 Å². The molecule has 1 radical (unpaired) electrons. The molecule has 0 N–H and O–H groups in total. The van der Waals surface area contributed by atoms with Gasteiger partial charge in [-0.05, 0) is 93.0 Å². The maximum atomic E-state index is 8.66. The normalized spacial score (nSPS) is 14.5. The summed E-state index contributed by atoms with van der Waals surface area (Å²) in [6, 6.07) is 42.9. The molecule has 0 unspecified atom stereocenters. The molecule has 9 rings (SSSR count). The monoisotopic (exact) mass is 879 g/mol. The molecular formula is C47H38IrN2OS-2. The van der Waals surface area contributed by atoms with Crippen LogP contribution in [0, 0.1) is 31.3 Å². The van der Waals surface area contributed by atoms with Gasteiger partial charge >= 0.3 is 0 Å². The summed E-state index contributed by atoms with van der Waals surface area (Å²) in [4.78, 5) is 10.5. The maximum absolute atomic E-state index is 8.66. The smallest absolute Gasteiger partial charge is 0.121 e. The molecule has 0 atom stereocenters. The summed E-state index contributed by atoms with van der Waals surface area (Å²) in [5.74, 6) is 0. The van der Waals surface area contributed by atoms with E-state index in [1.54, 1.807) is 18.3 Å². The molecule has 52 heavy (non-hydrogen) atoms. The summed E-state index contributed by atoms with van der Waals surface area (Å²) in [5.41, 5.74) is 5.26. The Hall–Kier alpha value is -4.93. The van der Waals surface area contributed by atoms with E-state index in [-0.39, 0.29) is 31.2 Å². The zero-order valence-corrected chi connectivity index (χ0v) is 31.9. The first-order chi connectivity index (χ1) is 27.9. The molecule has 0 amide bonds. The topological polar surface area (TPSA) is 38.9 Å². The molecule has 5 aromatic carbocycles. The predicted molar refractivity (Wildman–Crippen MR) is 215 cm³/mol. The van der Waals surface area contributed by atoms with Crippen LogP contribution in [0.2, 0.25) is 0 Å². The van der Waals surface area contributed by atoms with Gasteiger partial charge in [0.25, 0.3) is 0 Å². The van der Waals surface area contributed by atoms with Crippen LogP contribution in [-0.2, 0) is 26.5 Å². The first-order valence-corrected chi connectivity index (χ1v) is 17.4. The fourth-order valence-corrected chi connectivity index (χ4v) is 7.33. The minimum atomic E-state index is -2.18. The molecule has 0 spiro atoms. The van der Waals surface area contributed by atoms with E-state index in [4.69, 9.17) is 15.4 Å². The summed E-state index contributed by atoms with van der Waals surface area (Å²) >= 11 is 1.50. The van der Waals surface area contributed by atoms with Gasteiger partial charge in [0.15, 0.2) is 0 Å². The molecule has 0 aliphatic rings. The molecule has 5 heteroatoms. The minimum Gasteiger partial charge on any atom is -0.501 e. The van der Waals surface area contributed by atoms with Crippen molar-refractivity contribution < 1.29 is 35.5 Å². The number of aromatic nitrogens is 2. The molecule has 0 fully saturated rings. The predicted octanol–water partition coefficient (Wildman–Crippen LogP) is 13.2. The van der Waals surface area contributed by atoms with Gasteiger partial charge in [-0.3, -0.25) is 0 Å². The average molecular weight is 879 g/mol. The van der Waals surface area contributed by atoms with Crippen molar-refractivity contribution >= 4 is 54.8 Å². The zero-order chi connectivity index (χ0) is 41.9. The number of fused-ring (bicyclic) bond motifs is 6. The molecule has 0 saturated carbocycles. The van der Waals surface area contributed by atoms with Crippen LogP contribution in [0.3, 0.4) is 0 Å². The quantitative estimate of drug-likeness (QED) is 0.131. The fourth-order valence-electron chi connectivity index (χ4n) is 6.22. The first-order valence-electron chi connectivity index (χ1n) is 20.6. The van der Waals surface area contributed by atoms with Crippen LogP contribution >= 0.6 is 11.3 Å². The number of nitrogens with zero attached hydrogens (tertiary/aromatic N) is 2. The third kappa shape index (κ3) is 7.36. The van der Waals surface area contributed by atoms with Gasteiger partial charge in [-0.2, -0.15) is 0 Å². The molecule has 0 saturated heterocycles. The largest absolute Gasteiger partial charge is 0.501 e. The SMILES string of the molecule is [2H]C([2H])([2H])c1c[c-]c(-c2ccc(C([2H])([2H])[2H])cn2)cc1.[2H]C([2H])(c1ccc(-c2ccnc(-c3[c-]ccc4c3oc3cc5c(ccc6ccccc65)cc34)c2)s1)C(C)(C)C.[Ir]. The Morgan fingerprint density at radius 3 is 2.38 bits per heavy atom. The van der Waals surface area contributed by atoms with E-state index in [0.717, 1.165) is 48.5 Å². The Morgan fingerprint density at radius 1 is 0.750 bits per heavy atom. The van der Waals surface area contributed by atoms with Gasteiger partial charge in [-0.25, -0.2) is 0 Å². The second-order valence-corrected chi connectivity index (χ2v) is 14.5. The molecule has 259 valence electrons. The number of hydrogen-bond donors (Lipinski definition) is 0. The number of thiophene rings is 1. The van der Waals surface area contributed by atoms with Crippen LogP contribution in [0.1, 0.15) is 47.7 Å². The third-order valence-corrected chi connectivity index (χ3v) is 9.60. The Balaban J connectivity index is 0.000000220. The molecule has 4 aromatic heterocycles. The van der Waals surface area contributed by atoms with Crippen molar-refractivity contribution in [1.82, 2.24) is 9.97 Å². The van der Waals surface area contributed by atoms with E-state index < -0.39 is 25.5 Å². The van der Waals surface area contributed by atoms with E-state index in [0.29, 0.717) is 11.3 Å². The van der Waals surface area contributed by atoms with Crippen molar-refractivity contribution in [3.05, 3.63) is 156 Å². The van der Waals surface area contributed by atoms with Crippen molar-refractivity contribution in [2.24, 2.45) is 5.41 Å².